The first-order valence-corrected chi connectivity index (χ1v) is 5.05. The number of rotatable bonds is 3. The predicted octanol–water partition coefficient (Wildman–Crippen LogP) is 2.55. The van der Waals surface area contributed by atoms with Crippen LogP contribution in [0.4, 0.5) is 0 Å². The van der Waals surface area contributed by atoms with Crippen molar-refractivity contribution in [2.45, 2.75) is 52.0 Å². The highest BCUT2D eigenvalue weighted by atomic mass is 14.7. The van der Waals surface area contributed by atoms with Crippen LogP contribution in [-0.4, -0.2) is 6.04 Å². The minimum absolute atomic E-state index is 0.514. The smallest absolute Gasteiger partial charge is 0.00698 e. The van der Waals surface area contributed by atoms with Gasteiger partial charge >= 0.3 is 0 Å². The quantitative estimate of drug-likeness (QED) is 0.666. The van der Waals surface area contributed by atoms with Crippen LogP contribution >= 0.6 is 0 Å². The SMILES string of the molecule is CCC(CC)C1CCCC1N. The van der Waals surface area contributed by atoms with Crippen LogP contribution in [-0.2, 0) is 0 Å². The zero-order valence-corrected chi connectivity index (χ0v) is 7.84. The molecule has 1 nitrogen and oxygen atoms in total. The van der Waals surface area contributed by atoms with E-state index < -0.39 is 0 Å². The molecule has 0 aromatic rings. The summed E-state index contributed by atoms with van der Waals surface area (Å²) in [7, 11) is 0. The lowest BCUT2D eigenvalue weighted by Crippen LogP contribution is -2.29. The molecule has 0 saturated heterocycles. The molecule has 0 aromatic carbocycles. The van der Waals surface area contributed by atoms with Crippen molar-refractivity contribution in [1.29, 1.82) is 0 Å². The van der Waals surface area contributed by atoms with E-state index >= 15 is 0 Å². The van der Waals surface area contributed by atoms with E-state index in [1.165, 1.54) is 32.1 Å². The maximum absolute atomic E-state index is 6.03. The molecule has 0 radical (unpaired) electrons. The summed E-state index contributed by atoms with van der Waals surface area (Å²) in [5.41, 5.74) is 6.03. The van der Waals surface area contributed by atoms with Crippen molar-refractivity contribution >= 4 is 0 Å². The molecule has 0 aliphatic heterocycles. The van der Waals surface area contributed by atoms with Gasteiger partial charge in [0.05, 0.1) is 0 Å². The molecule has 0 amide bonds. The van der Waals surface area contributed by atoms with Crippen LogP contribution in [0.5, 0.6) is 0 Å². The summed E-state index contributed by atoms with van der Waals surface area (Å²) in [6.07, 6.45) is 6.64. The van der Waals surface area contributed by atoms with Gasteiger partial charge in [-0.1, -0.05) is 33.1 Å². The van der Waals surface area contributed by atoms with Gasteiger partial charge in [-0.2, -0.15) is 0 Å². The molecule has 0 bridgehead atoms. The fourth-order valence-electron chi connectivity index (χ4n) is 2.50. The largest absolute Gasteiger partial charge is 0.327 e. The molecule has 1 aliphatic carbocycles. The fourth-order valence-corrected chi connectivity index (χ4v) is 2.50. The van der Waals surface area contributed by atoms with Crippen molar-refractivity contribution in [3.05, 3.63) is 0 Å². The van der Waals surface area contributed by atoms with E-state index in [0.717, 1.165) is 11.8 Å². The van der Waals surface area contributed by atoms with Gasteiger partial charge in [-0.3, -0.25) is 0 Å². The highest BCUT2D eigenvalue weighted by molar-refractivity contribution is 4.84. The summed E-state index contributed by atoms with van der Waals surface area (Å²) in [6.45, 7) is 4.58. The van der Waals surface area contributed by atoms with Gasteiger partial charge in [0.2, 0.25) is 0 Å². The van der Waals surface area contributed by atoms with Crippen molar-refractivity contribution in [3.8, 4) is 0 Å². The minimum Gasteiger partial charge on any atom is -0.327 e. The van der Waals surface area contributed by atoms with Gasteiger partial charge in [0.25, 0.3) is 0 Å². The Balaban J connectivity index is 2.43. The topological polar surface area (TPSA) is 26.0 Å². The lowest BCUT2D eigenvalue weighted by atomic mass is 9.84. The first-order valence-electron chi connectivity index (χ1n) is 5.05. The lowest BCUT2D eigenvalue weighted by Gasteiger charge is -2.24. The van der Waals surface area contributed by atoms with Gasteiger partial charge in [0.15, 0.2) is 0 Å². The predicted molar refractivity (Wildman–Crippen MR) is 49.4 cm³/mol. The molecule has 0 spiro atoms. The van der Waals surface area contributed by atoms with E-state index in [9.17, 15) is 0 Å². The second-order valence-electron chi connectivity index (χ2n) is 3.84. The molecule has 11 heavy (non-hydrogen) atoms. The van der Waals surface area contributed by atoms with Crippen LogP contribution in [0.2, 0.25) is 0 Å². The molecule has 66 valence electrons. The highest BCUT2D eigenvalue weighted by Crippen LogP contribution is 2.33. The van der Waals surface area contributed by atoms with Gasteiger partial charge in [-0.05, 0) is 24.7 Å². The van der Waals surface area contributed by atoms with Crippen molar-refractivity contribution < 1.29 is 0 Å². The van der Waals surface area contributed by atoms with Crippen molar-refractivity contribution in [2.75, 3.05) is 0 Å². The monoisotopic (exact) mass is 155 g/mol. The Bertz CT molecular complexity index is 107. The molecule has 1 aliphatic rings. The normalized spacial score (nSPS) is 31.6. The molecular formula is C10H21N. The summed E-state index contributed by atoms with van der Waals surface area (Å²) in [6, 6.07) is 0.514. The summed E-state index contributed by atoms with van der Waals surface area (Å²) < 4.78 is 0. The molecule has 0 aromatic heterocycles. The zero-order valence-electron chi connectivity index (χ0n) is 7.84. The van der Waals surface area contributed by atoms with Crippen LogP contribution in [0.15, 0.2) is 0 Å². The standard InChI is InChI=1S/C10H21N/c1-3-8(4-2)9-6-5-7-10(9)11/h8-10H,3-7,11H2,1-2H3. The Morgan fingerprint density at radius 1 is 1.27 bits per heavy atom. The Kier molecular flexibility index (Phi) is 3.38. The number of hydrogen-bond donors (Lipinski definition) is 1. The summed E-state index contributed by atoms with van der Waals surface area (Å²) in [4.78, 5) is 0. The van der Waals surface area contributed by atoms with Crippen LogP contribution < -0.4 is 5.73 Å². The third kappa shape index (κ3) is 1.96. The lowest BCUT2D eigenvalue weighted by molar-refractivity contribution is 0.293. The Labute approximate surface area is 70.4 Å². The van der Waals surface area contributed by atoms with Crippen LogP contribution in [0.25, 0.3) is 0 Å². The van der Waals surface area contributed by atoms with E-state index in [2.05, 4.69) is 13.8 Å². The first kappa shape index (κ1) is 9.05. The summed E-state index contributed by atoms with van der Waals surface area (Å²) in [5.74, 6) is 1.73. The van der Waals surface area contributed by atoms with Gasteiger partial charge in [0.1, 0.15) is 0 Å². The van der Waals surface area contributed by atoms with Crippen LogP contribution in [0.3, 0.4) is 0 Å². The molecule has 1 saturated carbocycles. The molecule has 2 atom stereocenters. The molecule has 1 fully saturated rings. The Morgan fingerprint density at radius 3 is 2.27 bits per heavy atom. The molecule has 1 heteroatoms. The molecule has 0 heterocycles. The van der Waals surface area contributed by atoms with E-state index in [4.69, 9.17) is 5.73 Å². The van der Waals surface area contributed by atoms with E-state index in [1.54, 1.807) is 0 Å². The van der Waals surface area contributed by atoms with Crippen molar-refractivity contribution in [1.82, 2.24) is 0 Å². The average Bonchev–Trinajstić information content (AvgIpc) is 2.40. The highest BCUT2D eigenvalue weighted by Gasteiger charge is 2.28. The Morgan fingerprint density at radius 2 is 1.91 bits per heavy atom. The molecule has 2 N–H and O–H groups in total. The zero-order chi connectivity index (χ0) is 8.27. The maximum atomic E-state index is 6.03. The second-order valence-corrected chi connectivity index (χ2v) is 3.84. The third-order valence-electron chi connectivity index (χ3n) is 3.28. The van der Waals surface area contributed by atoms with Gasteiger partial charge in [0, 0.05) is 6.04 Å². The minimum atomic E-state index is 0.514. The van der Waals surface area contributed by atoms with Gasteiger partial charge < -0.3 is 5.73 Å². The maximum Gasteiger partial charge on any atom is 0.00698 e. The number of nitrogens with two attached hydrogens (primary N) is 1. The van der Waals surface area contributed by atoms with Gasteiger partial charge in [-0.15, -0.1) is 0 Å². The van der Waals surface area contributed by atoms with Crippen molar-refractivity contribution in [2.24, 2.45) is 17.6 Å². The van der Waals surface area contributed by atoms with E-state index in [-0.39, 0.29) is 0 Å². The number of hydrogen-bond acceptors (Lipinski definition) is 1. The van der Waals surface area contributed by atoms with Crippen LogP contribution in [0.1, 0.15) is 46.0 Å². The molecular weight excluding hydrogens is 134 g/mol. The molecule has 2 unspecified atom stereocenters. The second kappa shape index (κ2) is 4.10. The summed E-state index contributed by atoms with van der Waals surface area (Å²) >= 11 is 0. The van der Waals surface area contributed by atoms with E-state index in [1.807, 2.05) is 0 Å². The fraction of sp³-hybridized carbons (Fsp3) is 1.00. The summed E-state index contributed by atoms with van der Waals surface area (Å²) in [5, 5.41) is 0. The van der Waals surface area contributed by atoms with Crippen molar-refractivity contribution in [3.63, 3.8) is 0 Å². The van der Waals surface area contributed by atoms with E-state index in [0.29, 0.717) is 6.04 Å². The van der Waals surface area contributed by atoms with Crippen LogP contribution in [0, 0.1) is 11.8 Å². The molecule has 1 rings (SSSR count). The average molecular weight is 155 g/mol. The Hall–Kier alpha value is -0.0400. The first-order chi connectivity index (χ1) is 5.29. The van der Waals surface area contributed by atoms with Gasteiger partial charge in [-0.25, -0.2) is 0 Å². The third-order valence-corrected chi connectivity index (χ3v) is 3.28.